The van der Waals surface area contributed by atoms with Crippen LogP contribution in [0.1, 0.15) is 11.1 Å². The van der Waals surface area contributed by atoms with Crippen LogP contribution in [-0.2, 0) is 13.1 Å². The zero-order valence-corrected chi connectivity index (χ0v) is 13.3. The van der Waals surface area contributed by atoms with Crippen LogP contribution in [0.4, 0.5) is 4.39 Å². The summed E-state index contributed by atoms with van der Waals surface area (Å²) in [6.45, 7) is 1.22. The van der Waals surface area contributed by atoms with Crippen molar-refractivity contribution >= 4 is 27.5 Å². The fourth-order valence-electron chi connectivity index (χ4n) is 1.84. The molecule has 2 rings (SSSR count). The molecule has 0 heterocycles. The van der Waals surface area contributed by atoms with E-state index in [0.29, 0.717) is 23.9 Å². The molecule has 106 valence electrons. The Bertz CT molecular complexity index is 606. The van der Waals surface area contributed by atoms with Gasteiger partial charge in [0.1, 0.15) is 11.6 Å². The van der Waals surface area contributed by atoms with Crippen molar-refractivity contribution in [3.63, 3.8) is 0 Å². The highest BCUT2D eigenvalue weighted by Crippen LogP contribution is 2.25. The van der Waals surface area contributed by atoms with Gasteiger partial charge in [-0.25, -0.2) is 4.39 Å². The molecule has 5 heteroatoms. The first-order valence-electron chi connectivity index (χ1n) is 6.07. The van der Waals surface area contributed by atoms with Crippen LogP contribution in [-0.4, -0.2) is 7.11 Å². The Hall–Kier alpha value is -1.10. The molecule has 0 aliphatic rings. The molecular weight excluding hydrogens is 345 g/mol. The second kappa shape index (κ2) is 7.07. The fourth-order valence-corrected chi connectivity index (χ4v) is 2.51. The highest BCUT2D eigenvalue weighted by atomic mass is 79.9. The van der Waals surface area contributed by atoms with E-state index >= 15 is 0 Å². The van der Waals surface area contributed by atoms with Crippen molar-refractivity contribution in [2.24, 2.45) is 0 Å². The van der Waals surface area contributed by atoms with E-state index in [1.165, 1.54) is 12.1 Å². The highest BCUT2D eigenvalue weighted by Gasteiger charge is 2.04. The summed E-state index contributed by atoms with van der Waals surface area (Å²) in [6, 6.07) is 10.3. The number of hydrogen-bond acceptors (Lipinski definition) is 2. The zero-order chi connectivity index (χ0) is 14.5. The molecule has 0 amide bonds. The average molecular weight is 359 g/mol. The number of ether oxygens (including phenoxy) is 1. The van der Waals surface area contributed by atoms with Crippen molar-refractivity contribution in [2.75, 3.05) is 7.11 Å². The number of benzene rings is 2. The molecule has 2 aromatic carbocycles. The summed E-state index contributed by atoms with van der Waals surface area (Å²) in [4.78, 5) is 0. The van der Waals surface area contributed by atoms with Crippen molar-refractivity contribution < 1.29 is 9.13 Å². The lowest BCUT2D eigenvalue weighted by Crippen LogP contribution is -2.13. The molecule has 0 aromatic heterocycles. The van der Waals surface area contributed by atoms with E-state index in [9.17, 15) is 4.39 Å². The molecule has 0 atom stereocenters. The monoisotopic (exact) mass is 357 g/mol. The minimum Gasteiger partial charge on any atom is -0.495 e. The van der Waals surface area contributed by atoms with Gasteiger partial charge in [0.2, 0.25) is 0 Å². The number of hydrogen-bond donors (Lipinski definition) is 1. The van der Waals surface area contributed by atoms with E-state index in [4.69, 9.17) is 16.3 Å². The van der Waals surface area contributed by atoms with Gasteiger partial charge in [0.15, 0.2) is 0 Å². The van der Waals surface area contributed by atoms with Gasteiger partial charge in [-0.05, 0) is 41.5 Å². The van der Waals surface area contributed by atoms with Crippen LogP contribution < -0.4 is 10.1 Å². The van der Waals surface area contributed by atoms with Crippen LogP contribution in [0.25, 0.3) is 0 Å². The van der Waals surface area contributed by atoms with Gasteiger partial charge in [-0.2, -0.15) is 0 Å². The van der Waals surface area contributed by atoms with Crippen LogP contribution in [0.3, 0.4) is 0 Å². The van der Waals surface area contributed by atoms with Crippen LogP contribution in [0.2, 0.25) is 5.02 Å². The Labute approximate surface area is 131 Å². The standard InChI is InChI=1S/C15H14BrClFNO/c1-20-15-5-2-10(6-14(15)17)8-19-9-11-7-12(18)3-4-13(11)16/h2-7,19H,8-9H2,1H3. The molecule has 0 fully saturated rings. The van der Waals surface area contributed by atoms with Gasteiger partial charge < -0.3 is 10.1 Å². The molecule has 0 aliphatic carbocycles. The van der Waals surface area contributed by atoms with Crippen LogP contribution in [0, 0.1) is 5.82 Å². The van der Waals surface area contributed by atoms with E-state index in [0.717, 1.165) is 15.6 Å². The Balaban J connectivity index is 1.96. The second-order valence-corrected chi connectivity index (χ2v) is 5.57. The first-order valence-corrected chi connectivity index (χ1v) is 7.24. The summed E-state index contributed by atoms with van der Waals surface area (Å²) in [7, 11) is 1.58. The maximum atomic E-state index is 13.2. The number of halogens is 3. The van der Waals surface area contributed by atoms with Crippen LogP contribution in [0.15, 0.2) is 40.9 Å². The molecule has 0 unspecified atom stereocenters. The van der Waals surface area contributed by atoms with Crippen LogP contribution >= 0.6 is 27.5 Å². The Morgan fingerprint density at radius 3 is 2.70 bits per heavy atom. The van der Waals surface area contributed by atoms with Crippen LogP contribution in [0.5, 0.6) is 5.75 Å². The van der Waals surface area contributed by atoms with Crippen molar-refractivity contribution in [1.82, 2.24) is 5.32 Å². The molecule has 1 N–H and O–H groups in total. The van der Waals surface area contributed by atoms with E-state index in [1.807, 2.05) is 18.2 Å². The molecular formula is C15H14BrClFNO. The third-order valence-corrected chi connectivity index (χ3v) is 3.94. The highest BCUT2D eigenvalue weighted by molar-refractivity contribution is 9.10. The molecule has 2 nitrogen and oxygen atoms in total. The lowest BCUT2D eigenvalue weighted by Gasteiger charge is -2.09. The van der Waals surface area contributed by atoms with Gasteiger partial charge >= 0.3 is 0 Å². The molecule has 0 radical (unpaired) electrons. The van der Waals surface area contributed by atoms with Gasteiger partial charge in [-0.3, -0.25) is 0 Å². The maximum absolute atomic E-state index is 13.2. The van der Waals surface area contributed by atoms with Crippen molar-refractivity contribution in [1.29, 1.82) is 0 Å². The predicted octanol–water partition coefficient (Wildman–Crippen LogP) is 4.54. The largest absolute Gasteiger partial charge is 0.495 e. The summed E-state index contributed by atoms with van der Waals surface area (Å²) in [6.07, 6.45) is 0. The van der Waals surface area contributed by atoms with E-state index in [-0.39, 0.29) is 5.82 Å². The number of methoxy groups -OCH3 is 1. The first-order chi connectivity index (χ1) is 9.60. The first kappa shape index (κ1) is 15.3. The third-order valence-electron chi connectivity index (χ3n) is 2.87. The van der Waals surface area contributed by atoms with E-state index in [1.54, 1.807) is 13.2 Å². The van der Waals surface area contributed by atoms with E-state index < -0.39 is 0 Å². The smallest absolute Gasteiger partial charge is 0.137 e. The minimum absolute atomic E-state index is 0.238. The number of nitrogens with one attached hydrogen (secondary N) is 1. The topological polar surface area (TPSA) is 21.3 Å². The average Bonchev–Trinajstić information content (AvgIpc) is 2.43. The lowest BCUT2D eigenvalue weighted by molar-refractivity contribution is 0.415. The van der Waals surface area contributed by atoms with Gasteiger partial charge in [0, 0.05) is 17.6 Å². The Morgan fingerprint density at radius 1 is 1.20 bits per heavy atom. The predicted molar refractivity (Wildman–Crippen MR) is 82.6 cm³/mol. The molecule has 0 saturated carbocycles. The van der Waals surface area contributed by atoms with Gasteiger partial charge in [-0.1, -0.05) is 33.6 Å². The maximum Gasteiger partial charge on any atom is 0.137 e. The molecule has 0 bridgehead atoms. The zero-order valence-electron chi connectivity index (χ0n) is 10.9. The Morgan fingerprint density at radius 2 is 2.00 bits per heavy atom. The molecule has 0 spiro atoms. The summed E-state index contributed by atoms with van der Waals surface area (Å²) < 4.78 is 19.1. The van der Waals surface area contributed by atoms with Crippen molar-refractivity contribution in [3.8, 4) is 5.75 Å². The van der Waals surface area contributed by atoms with Crippen molar-refractivity contribution in [3.05, 3.63) is 62.8 Å². The number of rotatable bonds is 5. The van der Waals surface area contributed by atoms with Crippen molar-refractivity contribution in [2.45, 2.75) is 13.1 Å². The molecule has 0 aliphatic heterocycles. The summed E-state index contributed by atoms with van der Waals surface area (Å²) >= 11 is 9.46. The van der Waals surface area contributed by atoms with Gasteiger partial charge in [0.05, 0.1) is 12.1 Å². The normalized spacial score (nSPS) is 10.6. The summed E-state index contributed by atoms with van der Waals surface area (Å²) in [5, 5.41) is 3.84. The van der Waals surface area contributed by atoms with Gasteiger partial charge in [0.25, 0.3) is 0 Å². The SMILES string of the molecule is COc1ccc(CNCc2cc(F)ccc2Br)cc1Cl. The minimum atomic E-state index is -0.238. The quantitative estimate of drug-likeness (QED) is 0.847. The molecule has 0 saturated heterocycles. The second-order valence-electron chi connectivity index (χ2n) is 4.31. The molecule has 20 heavy (non-hydrogen) atoms. The molecule has 2 aromatic rings. The lowest BCUT2D eigenvalue weighted by atomic mass is 10.2. The fraction of sp³-hybridized carbons (Fsp3) is 0.200. The Kier molecular flexibility index (Phi) is 5.40. The summed E-state index contributed by atoms with van der Waals surface area (Å²) in [5.74, 6) is 0.417. The third kappa shape index (κ3) is 3.95. The van der Waals surface area contributed by atoms with E-state index in [2.05, 4.69) is 21.2 Å². The van der Waals surface area contributed by atoms with Gasteiger partial charge in [-0.15, -0.1) is 0 Å². The summed E-state index contributed by atoms with van der Waals surface area (Å²) in [5.41, 5.74) is 1.92.